The first kappa shape index (κ1) is 7.69. The zero-order valence-electron chi connectivity index (χ0n) is 7.19. The molecule has 1 saturated heterocycles. The van der Waals surface area contributed by atoms with Crippen molar-refractivity contribution >= 4 is 11.9 Å². The second-order valence-electron chi connectivity index (χ2n) is 3.29. The molecule has 1 N–H and O–H groups in total. The van der Waals surface area contributed by atoms with E-state index in [4.69, 9.17) is 9.47 Å². The summed E-state index contributed by atoms with van der Waals surface area (Å²) in [6, 6.07) is 0. The first-order chi connectivity index (χ1) is 6.80. The van der Waals surface area contributed by atoms with Gasteiger partial charge in [0, 0.05) is 6.20 Å². The van der Waals surface area contributed by atoms with Gasteiger partial charge in [0.25, 0.3) is 0 Å². The van der Waals surface area contributed by atoms with Crippen molar-refractivity contribution in [3.05, 3.63) is 18.1 Å². The van der Waals surface area contributed by atoms with E-state index in [2.05, 4.69) is 15.3 Å². The molecule has 0 bridgehead atoms. The monoisotopic (exact) mass is 193 g/mol. The lowest BCUT2D eigenvalue weighted by atomic mass is 9.92. The summed E-state index contributed by atoms with van der Waals surface area (Å²) in [7, 11) is 0. The predicted octanol–water partition coefficient (Wildman–Crippen LogP) is 0.264. The van der Waals surface area contributed by atoms with Gasteiger partial charge in [0.05, 0.1) is 18.8 Å². The Labute approximate surface area is 79.3 Å². The molecule has 2 aliphatic rings. The number of fused-ring (bicyclic) bond motifs is 2. The van der Waals surface area contributed by atoms with E-state index in [-0.39, 0.29) is 0 Å². The van der Waals surface area contributed by atoms with Gasteiger partial charge in [0.15, 0.2) is 5.60 Å². The van der Waals surface area contributed by atoms with E-state index in [0.29, 0.717) is 19.0 Å². The number of nitrogens with zero attached hydrogens (tertiary/aromatic N) is 2. The normalized spacial score (nSPS) is 21.9. The molecule has 0 aromatic carbocycles. The zero-order valence-corrected chi connectivity index (χ0v) is 7.19. The first-order valence-electron chi connectivity index (χ1n) is 4.18. The minimum Gasteiger partial charge on any atom is -0.433 e. The van der Waals surface area contributed by atoms with Gasteiger partial charge in [0.2, 0.25) is 0 Å². The van der Waals surface area contributed by atoms with Gasteiger partial charge in [-0.15, -0.1) is 0 Å². The number of nitrogens with one attached hydrogen (secondary N) is 1. The van der Waals surface area contributed by atoms with Crippen molar-refractivity contribution in [3.63, 3.8) is 0 Å². The second-order valence-corrected chi connectivity index (χ2v) is 3.29. The minimum atomic E-state index is -0.654. The molecule has 0 saturated carbocycles. The van der Waals surface area contributed by atoms with E-state index in [0.717, 1.165) is 5.56 Å². The third kappa shape index (κ3) is 0.856. The molecule has 1 aromatic rings. The Morgan fingerprint density at radius 3 is 3.07 bits per heavy atom. The molecule has 6 heteroatoms. The molecular weight excluding hydrogens is 186 g/mol. The molecule has 2 aliphatic heterocycles. The highest BCUT2D eigenvalue weighted by Gasteiger charge is 2.49. The van der Waals surface area contributed by atoms with Gasteiger partial charge in [-0.25, -0.2) is 14.8 Å². The smallest absolute Gasteiger partial charge is 0.413 e. The number of hydrogen-bond donors (Lipinski definition) is 1. The number of hydrogen-bond acceptors (Lipinski definition) is 5. The molecule has 0 aliphatic carbocycles. The molecule has 1 spiro atoms. The number of ether oxygens (including phenoxy) is 2. The van der Waals surface area contributed by atoms with Gasteiger partial charge in [-0.3, -0.25) is 5.32 Å². The van der Waals surface area contributed by atoms with Crippen molar-refractivity contribution in [2.45, 2.75) is 5.60 Å². The summed E-state index contributed by atoms with van der Waals surface area (Å²) < 4.78 is 10.2. The molecule has 1 fully saturated rings. The summed E-state index contributed by atoms with van der Waals surface area (Å²) in [5.41, 5.74) is 0.129. The maximum Gasteiger partial charge on any atom is 0.413 e. The summed E-state index contributed by atoms with van der Waals surface area (Å²) in [5, 5.41) is 2.52. The van der Waals surface area contributed by atoms with Crippen LogP contribution in [-0.4, -0.2) is 29.3 Å². The Bertz CT molecular complexity index is 403. The van der Waals surface area contributed by atoms with Crippen LogP contribution in [0.15, 0.2) is 12.5 Å². The summed E-state index contributed by atoms with van der Waals surface area (Å²) in [6.45, 7) is 0.752. The van der Waals surface area contributed by atoms with E-state index in [1.54, 1.807) is 6.20 Å². The number of carbonyl (C=O) groups is 1. The van der Waals surface area contributed by atoms with Crippen LogP contribution >= 0.6 is 0 Å². The third-order valence-electron chi connectivity index (χ3n) is 2.38. The highest BCUT2D eigenvalue weighted by molar-refractivity contribution is 5.87. The Morgan fingerprint density at radius 2 is 2.36 bits per heavy atom. The van der Waals surface area contributed by atoms with Gasteiger partial charge in [-0.2, -0.15) is 0 Å². The molecule has 0 unspecified atom stereocenters. The van der Waals surface area contributed by atoms with Crippen LogP contribution in [0.5, 0.6) is 0 Å². The van der Waals surface area contributed by atoms with Crippen molar-refractivity contribution in [2.24, 2.45) is 0 Å². The molecule has 0 radical (unpaired) electrons. The Morgan fingerprint density at radius 1 is 1.50 bits per heavy atom. The maximum atomic E-state index is 11.2. The van der Waals surface area contributed by atoms with Crippen LogP contribution in [0, 0.1) is 0 Å². The fourth-order valence-electron chi connectivity index (χ4n) is 1.62. The van der Waals surface area contributed by atoms with E-state index < -0.39 is 11.7 Å². The highest BCUT2D eigenvalue weighted by atomic mass is 16.6. The van der Waals surface area contributed by atoms with E-state index >= 15 is 0 Å². The maximum absolute atomic E-state index is 11.2. The Kier molecular flexibility index (Phi) is 1.33. The van der Waals surface area contributed by atoms with Crippen molar-refractivity contribution in [3.8, 4) is 0 Å². The van der Waals surface area contributed by atoms with Crippen molar-refractivity contribution in [2.75, 3.05) is 18.5 Å². The van der Waals surface area contributed by atoms with Crippen LogP contribution in [0.1, 0.15) is 5.56 Å². The quantitative estimate of drug-likeness (QED) is 0.640. The topological polar surface area (TPSA) is 73.3 Å². The Hall–Kier alpha value is -1.69. The van der Waals surface area contributed by atoms with E-state index in [1.807, 2.05) is 0 Å². The largest absolute Gasteiger partial charge is 0.433 e. The summed E-state index contributed by atoms with van der Waals surface area (Å²) >= 11 is 0. The molecular formula is C8H7N3O3. The van der Waals surface area contributed by atoms with Crippen molar-refractivity contribution in [1.29, 1.82) is 0 Å². The number of rotatable bonds is 0. The van der Waals surface area contributed by atoms with Crippen LogP contribution in [0.3, 0.4) is 0 Å². The second kappa shape index (κ2) is 2.42. The van der Waals surface area contributed by atoms with E-state index in [9.17, 15) is 4.79 Å². The predicted molar refractivity (Wildman–Crippen MR) is 44.6 cm³/mol. The van der Waals surface area contributed by atoms with Crippen molar-refractivity contribution < 1.29 is 14.3 Å². The van der Waals surface area contributed by atoms with Gasteiger partial charge in [-0.1, -0.05) is 0 Å². The zero-order chi connectivity index (χ0) is 9.60. The minimum absolute atomic E-state index is 0.376. The summed E-state index contributed by atoms with van der Waals surface area (Å²) in [5.74, 6) is 0.513. The van der Waals surface area contributed by atoms with Gasteiger partial charge in [-0.05, 0) is 0 Å². The molecule has 72 valence electrons. The van der Waals surface area contributed by atoms with Gasteiger partial charge in [0.1, 0.15) is 12.1 Å². The lowest BCUT2D eigenvalue weighted by Gasteiger charge is -2.43. The molecule has 1 aromatic heterocycles. The van der Waals surface area contributed by atoms with Gasteiger partial charge >= 0.3 is 6.09 Å². The Balaban J connectivity index is 2.14. The molecule has 6 nitrogen and oxygen atoms in total. The molecule has 1 amide bonds. The third-order valence-corrected chi connectivity index (χ3v) is 2.38. The van der Waals surface area contributed by atoms with Crippen LogP contribution in [0.4, 0.5) is 10.6 Å². The highest BCUT2D eigenvalue weighted by Crippen LogP contribution is 2.39. The lowest BCUT2D eigenvalue weighted by molar-refractivity contribution is -0.184. The average molecular weight is 193 g/mol. The van der Waals surface area contributed by atoms with Crippen LogP contribution < -0.4 is 5.32 Å². The molecule has 3 rings (SSSR count). The fraction of sp³-hybridized carbons (Fsp3) is 0.375. The number of anilines is 1. The van der Waals surface area contributed by atoms with Crippen LogP contribution in [0.2, 0.25) is 0 Å². The van der Waals surface area contributed by atoms with Crippen molar-refractivity contribution in [1.82, 2.24) is 9.97 Å². The number of carbonyl (C=O) groups excluding carboxylic acids is 1. The molecule has 3 heterocycles. The van der Waals surface area contributed by atoms with Crippen LogP contribution in [-0.2, 0) is 15.1 Å². The number of aromatic nitrogens is 2. The number of amides is 1. The lowest BCUT2D eigenvalue weighted by Crippen LogP contribution is -2.53. The average Bonchev–Trinajstić information content (AvgIpc) is 2.14. The fourth-order valence-corrected chi connectivity index (χ4v) is 1.62. The first-order valence-corrected chi connectivity index (χ1v) is 4.18. The molecule has 14 heavy (non-hydrogen) atoms. The summed E-state index contributed by atoms with van der Waals surface area (Å²) in [6.07, 6.45) is 2.54. The standard InChI is InChI=1S/C8H7N3O3/c12-7-11-6-5(1-9-4-10-6)8(14-7)2-13-3-8/h1,4H,2-3H2,(H,9,10,11,12). The van der Waals surface area contributed by atoms with Crippen LogP contribution in [0.25, 0.3) is 0 Å². The SMILES string of the molecule is O=C1Nc2ncncc2C2(COC2)O1. The molecule has 0 atom stereocenters. The van der Waals surface area contributed by atoms with Gasteiger partial charge < -0.3 is 9.47 Å². The summed E-state index contributed by atoms with van der Waals surface area (Å²) in [4.78, 5) is 19.1. The van der Waals surface area contributed by atoms with E-state index in [1.165, 1.54) is 6.33 Å².